The number of ether oxygens (including phenoxy) is 1. The van der Waals surface area contributed by atoms with Crippen molar-refractivity contribution in [1.82, 2.24) is 10.2 Å². The lowest BCUT2D eigenvalue weighted by Crippen LogP contribution is -2.14. The molecule has 1 aliphatic carbocycles. The highest BCUT2D eigenvalue weighted by Crippen LogP contribution is 2.41. The number of nitrogens with zero attached hydrogens (tertiary/aromatic N) is 1. The summed E-state index contributed by atoms with van der Waals surface area (Å²) in [5, 5.41) is 18.5. The molecule has 1 aromatic heterocycles. The number of aromatic nitrogens is 2. The number of nitrogens with one attached hydrogen (secondary N) is 2. The van der Waals surface area contributed by atoms with Crippen LogP contribution in [0.5, 0.6) is 5.75 Å². The number of anilines is 1. The molecule has 1 heterocycles. The molecule has 7 heteroatoms. The van der Waals surface area contributed by atoms with E-state index in [1.165, 1.54) is 6.07 Å². The minimum absolute atomic E-state index is 0.317. The smallest absolute Gasteiger partial charge is 0.341 e. The average molecular weight is 315 g/mol. The number of H-pyrrole nitrogens is 1. The van der Waals surface area contributed by atoms with Crippen LogP contribution in [0, 0.1) is 6.92 Å². The summed E-state index contributed by atoms with van der Waals surface area (Å²) in [6, 6.07) is 6.37. The number of benzene rings is 1. The van der Waals surface area contributed by atoms with Crippen molar-refractivity contribution in [2.45, 2.75) is 25.7 Å². The average Bonchev–Trinajstić information content (AvgIpc) is 3.31. The topological polar surface area (TPSA) is 104 Å². The number of aromatic amines is 1. The van der Waals surface area contributed by atoms with Gasteiger partial charge in [-0.1, -0.05) is 6.07 Å². The van der Waals surface area contributed by atoms with Gasteiger partial charge in [-0.25, -0.2) is 4.79 Å². The molecular formula is C16H17N3O4. The largest absolute Gasteiger partial charge is 0.482 e. The summed E-state index contributed by atoms with van der Waals surface area (Å²) in [7, 11) is 0. The summed E-state index contributed by atoms with van der Waals surface area (Å²) in [6.45, 7) is 1.48. The second-order valence-electron chi connectivity index (χ2n) is 5.55. The van der Waals surface area contributed by atoms with Crippen LogP contribution in [0.25, 0.3) is 0 Å². The molecule has 1 saturated carbocycles. The number of carboxylic acids is 1. The van der Waals surface area contributed by atoms with Gasteiger partial charge < -0.3 is 15.2 Å². The standard InChI is InChI=1S/C16H17N3O4/c1-9-14(10-5-6-10)18-19-15(9)17-16(22)11-3-2-4-12(7-11)23-8-13(20)21/h2-4,7,10H,5-6,8H2,1H3,(H,20,21)(H2,17,18,19,22). The van der Waals surface area contributed by atoms with Crippen molar-refractivity contribution >= 4 is 17.7 Å². The molecule has 0 spiro atoms. The van der Waals surface area contributed by atoms with Crippen LogP contribution in [-0.2, 0) is 4.79 Å². The van der Waals surface area contributed by atoms with Gasteiger partial charge in [-0.2, -0.15) is 5.10 Å². The SMILES string of the molecule is Cc1c(NC(=O)c2cccc(OCC(=O)O)c2)n[nH]c1C1CC1. The zero-order chi connectivity index (χ0) is 16.4. The third-order valence-corrected chi connectivity index (χ3v) is 3.72. The maximum atomic E-state index is 12.3. The van der Waals surface area contributed by atoms with Gasteiger partial charge in [0.15, 0.2) is 12.4 Å². The molecule has 23 heavy (non-hydrogen) atoms. The van der Waals surface area contributed by atoms with Gasteiger partial charge in [0.05, 0.1) is 0 Å². The van der Waals surface area contributed by atoms with Crippen LogP contribution in [0.3, 0.4) is 0 Å². The molecule has 3 rings (SSSR count). The normalized spacial score (nSPS) is 13.6. The fourth-order valence-electron chi connectivity index (χ4n) is 2.35. The fourth-order valence-corrected chi connectivity index (χ4v) is 2.35. The summed E-state index contributed by atoms with van der Waals surface area (Å²) in [5.74, 6) is -0.00513. The van der Waals surface area contributed by atoms with E-state index in [2.05, 4.69) is 15.5 Å². The Balaban J connectivity index is 1.70. The predicted molar refractivity (Wildman–Crippen MR) is 82.8 cm³/mol. The second kappa shape index (κ2) is 6.12. The lowest BCUT2D eigenvalue weighted by atomic mass is 10.1. The van der Waals surface area contributed by atoms with Crippen molar-refractivity contribution in [2.24, 2.45) is 0 Å². The van der Waals surface area contributed by atoms with Crippen molar-refractivity contribution in [3.63, 3.8) is 0 Å². The summed E-state index contributed by atoms with van der Waals surface area (Å²) in [5.41, 5.74) is 2.42. The Morgan fingerprint density at radius 3 is 2.91 bits per heavy atom. The number of hydrogen-bond donors (Lipinski definition) is 3. The third-order valence-electron chi connectivity index (χ3n) is 3.72. The number of carbonyl (C=O) groups excluding carboxylic acids is 1. The number of hydrogen-bond acceptors (Lipinski definition) is 4. The Hall–Kier alpha value is -2.83. The minimum Gasteiger partial charge on any atom is -0.482 e. The molecule has 0 unspecified atom stereocenters. The van der Waals surface area contributed by atoms with E-state index < -0.39 is 12.6 Å². The molecule has 2 aromatic rings. The van der Waals surface area contributed by atoms with E-state index in [0.717, 1.165) is 24.1 Å². The highest BCUT2D eigenvalue weighted by Gasteiger charge is 2.28. The Labute approximate surface area is 132 Å². The van der Waals surface area contributed by atoms with E-state index in [1.54, 1.807) is 18.2 Å². The first-order chi connectivity index (χ1) is 11.0. The summed E-state index contributed by atoms with van der Waals surface area (Å²) < 4.78 is 5.07. The molecule has 0 bridgehead atoms. The van der Waals surface area contributed by atoms with E-state index in [4.69, 9.17) is 9.84 Å². The molecular weight excluding hydrogens is 298 g/mol. The second-order valence-corrected chi connectivity index (χ2v) is 5.55. The predicted octanol–water partition coefficient (Wildman–Crippen LogP) is 2.31. The van der Waals surface area contributed by atoms with Gasteiger partial charge in [0.1, 0.15) is 5.75 Å². The lowest BCUT2D eigenvalue weighted by molar-refractivity contribution is -0.139. The Morgan fingerprint density at radius 1 is 1.43 bits per heavy atom. The number of rotatable bonds is 6. The Bertz CT molecular complexity index is 750. The first-order valence-corrected chi connectivity index (χ1v) is 7.35. The van der Waals surface area contributed by atoms with Gasteiger partial charge in [0, 0.05) is 22.7 Å². The van der Waals surface area contributed by atoms with Crippen LogP contribution < -0.4 is 10.1 Å². The molecule has 1 aliphatic rings. The third kappa shape index (κ3) is 3.50. The lowest BCUT2D eigenvalue weighted by Gasteiger charge is -2.07. The molecule has 1 fully saturated rings. The van der Waals surface area contributed by atoms with Gasteiger partial charge in [-0.15, -0.1) is 0 Å². The van der Waals surface area contributed by atoms with Crippen LogP contribution in [0.1, 0.15) is 40.4 Å². The molecule has 120 valence electrons. The van der Waals surface area contributed by atoms with Crippen molar-refractivity contribution < 1.29 is 19.4 Å². The monoisotopic (exact) mass is 315 g/mol. The fraction of sp³-hybridized carbons (Fsp3) is 0.312. The Morgan fingerprint density at radius 2 is 2.22 bits per heavy atom. The van der Waals surface area contributed by atoms with Crippen molar-refractivity contribution in [3.05, 3.63) is 41.1 Å². The van der Waals surface area contributed by atoms with Gasteiger partial charge in [0.2, 0.25) is 0 Å². The van der Waals surface area contributed by atoms with E-state index in [-0.39, 0.29) is 5.91 Å². The van der Waals surface area contributed by atoms with Crippen LogP contribution in [0.4, 0.5) is 5.82 Å². The van der Waals surface area contributed by atoms with E-state index in [0.29, 0.717) is 23.0 Å². The first kappa shape index (κ1) is 15.1. The van der Waals surface area contributed by atoms with Crippen LogP contribution >= 0.6 is 0 Å². The van der Waals surface area contributed by atoms with Crippen LogP contribution in [-0.4, -0.2) is 33.8 Å². The Kier molecular flexibility index (Phi) is 4.01. The number of carbonyl (C=O) groups is 2. The molecule has 1 aromatic carbocycles. The molecule has 0 radical (unpaired) electrons. The van der Waals surface area contributed by atoms with Crippen LogP contribution in [0.2, 0.25) is 0 Å². The van der Waals surface area contributed by atoms with Gasteiger partial charge >= 0.3 is 5.97 Å². The number of aliphatic carboxylic acids is 1. The van der Waals surface area contributed by atoms with Crippen molar-refractivity contribution in [2.75, 3.05) is 11.9 Å². The zero-order valence-electron chi connectivity index (χ0n) is 12.6. The molecule has 1 amide bonds. The minimum atomic E-state index is -1.07. The maximum absolute atomic E-state index is 12.3. The molecule has 0 saturated heterocycles. The first-order valence-electron chi connectivity index (χ1n) is 7.35. The zero-order valence-corrected chi connectivity index (χ0v) is 12.6. The van der Waals surface area contributed by atoms with E-state index >= 15 is 0 Å². The highest BCUT2D eigenvalue weighted by atomic mass is 16.5. The summed E-state index contributed by atoms with van der Waals surface area (Å²) >= 11 is 0. The van der Waals surface area contributed by atoms with Gasteiger partial charge in [-0.3, -0.25) is 9.89 Å². The van der Waals surface area contributed by atoms with Crippen molar-refractivity contribution in [3.8, 4) is 5.75 Å². The molecule has 0 aliphatic heterocycles. The maximum Gasteiger partial charge on any atom is 0.341 e. The van der Waals surface area contributed by atoms with E-state index in [9.17, 15) is 9.59 Å². The highest BCUT2D eigenvalue weighted by molar-refractivity contribution is 6.04. The summed E-state index contributed by atoms with van der Waals surface area (Å²) in [4.78, 5) is 22.8. The number of carboxylic acid groups (broad SMARTS) is 1. The molecule has 3 N–H and O–H groups in total. The van der Waals surface area contributed by atoms with E-state index in [1.807, 2.05) is 6.92 Å². The van der Waals surface area contributed by atoms with Gasteiger partial charge in [0.25, 0.3) is 5.91 Å². The number of amides is 1. The quantitative estimate of drug-likeness (QED) is 0.759. The molecule has 7 nitrogen and oxygen atoms in total. The van der Waals surface area contributed by atoms with Gasteiger partial charge in [-0.05, 0) is 38.0 Å². The molecule has 0 atom stereocenters. The summed E-state index contributed by atoms with van der Waals surface area (Å²) in [6.07, 6.45) is 2.30. The van der Waals surface area contributed by atoms with Crippen LogP contribution in [0.15, 0.2) is 24.3 Å². The van der Waals surface area contributed by atoms with Crippen molar-refractivity contribution in [1.29, 1.82) is 0 Å².